The fraction of sp³-hybridized carbons (Fsp3) is 0.259. The van der Waals surface area contributed by atoms with E-state index in [0.29, 0.717) is 22.9 Å². The molecule has 0 heterocycles. The maximum Gasteiger partial charge on any atom is 0.264 e. The van der Waals surface area contributed by atoms with E-state index < -0.39 is 28.5 Å². The third kappa shape index (κ3) is 7.25. The molecule has 7 nitrogen and oxygen atoms in total. The van der Waals surface area contributed by atoms with Gasteiger partial charge in [0.05, 0.1) is 10.6 Å². The molecule has 0 aliphatic carbocycles. The summed E-state index contributed by atoms with van der Waals surface area (Å²) in [5, 5.41) is 3.31. The first kappa shape index (κ1) is 28.5. The van der Waals surface area contributed by atoms with Crippen LogP contribution in [-0.2, 0) is 26.0 Å². The topological polar surface area (TPSA) is 86.8 Å². The van der Waals surface area contributed by atoms with Gasteiger partial charge in [-0.3, -0.25) is 13.9 Å². The first-order chi connectivity index (χ1) is 17.7. The van der Waals surface area contributed by atoms with Crippen molar-refractivity contribution >= 4 is 50.7 Å². The molecule has 0 aliphatic heterocycles. The molecule has 0 aliphatic rings. The van der Waals surface area contributed by atoms with Gasteiger partial charge in [-0.25, -0.2) is 8.42 Å². The molecule has 0 aromatic heterocycles. The second-order valence-electron chi connectivity index (χ2n) is 8.31. The Hall–Kier alpha value is -3.07. The summed E-state index contributed by atoms with van der Waals surface area (Å²) in [6.45, 7) is 1.52. The molecular weight excluding hydrogens is 533 g/mol. The van der Waals surface area contributed by atoms with Crippen LogP contribution in [0.25, 0.3) is 0 Å². The SMILES string of the molecule is CC[C@H](C(=O)NC)N(CCc1ccccc1)C(=O)CN(c1cccc(Cl)c1)S(=O)(=O)c1ccc(Cl)cc1. The molecule has 0 fully saturated rings. The van der Waals surface area contributed by atoms with Gasteiger partial charge in [-0.15, -0.1) is 0 Å². The van der Waals surface area contributed by atoms with Crippen molar-refractivity contribution in [3.63, 3.8) is 0 Å². The summed E-state index contributed by atoms with van der Waals surface area (Å²) in [5.74, 6) is -0.831. The van der Waals surface area contributed by atoms with Crippen LogP contribution < -0.4 is 9.62 Å². The zero-order valence-corrected chi connectivity index (χ0v) is 22.9. The highest BCUT2D eigenvalue weighted by Gasteiger charge is 2.33. The molecule has 0 spiro atoms. The fourth-order valence-corrected chi connectivity index (χ4v) is 5.67. The van der Waals surface area contributed by atoms with Gasteiger partial charge in [-0.1, -0.05) is 66.5 Å². The smallest absolute Gasteiger partial charge is 0.264 e. The quantitative estimate of drug-likeness (QED) is 0.364. The van der Waals surface area contributed by atoms with Crippen molar-refractivity contribution in [2.45, 2.75) is 30.7 Å². The van der Waals surface area contributed by atoms with Crippen LogP contribution in [0.3, 0.4) is 0 Å². The van der Waals surface area contributed by atoms with Crippen molar-refractivity contribution in [1.82, 2.24) is 10.2 Å². The van der Waals surface area contributed by atoms with E-state index >= 15 is 0 Å². The van der Waals surface area contributed by atoms with Gasteiger partial charge < -0.3 is 10.2 Å². The van der Waals surface area contributed by atoms with Gasteiger partial charge in [-0.05, 0) is 60.9 Å². The van der Waals surface area contributed by atoms with Crippen LogP contribution in [0.4, 0.5) is 5.69 Å². The number of anilines is 1. The third-order valence-electron chi connectivity index (χ3n) is 5.89. The van der Waals surface area contributed by atoms with E-state index in [2.05, 4.69) is 5.32 Å². The highest BCUT2D eigenvalue weighted by Crippen LogP contribution is 2.27. The number of nitrogens with zero attached hydrogens (tertiary/aromatic N) is 2. The number of carbonyl (C=O) groups is 2. The van der Waals surface area contributed by atoms with Gasteiger partial charge in [0.1, 0.15) is 12.6 Å². The maximum absolute atomic E-state index is 13.8. The summed E-state index contributed by atoms with van der Waals surface area (Å²) in [4.78, 5) is 27.9. The van der Waals surface area contributed by atoms with E-state index in [9.17, 15) is 18.0 Å². The van der Waals surface area contributed by atoms with E-state index in [1.807, 2.05) is 37.3 Å². The van der Waals surface area contributed by atoms with Crippen LogP contribution in [0.5, 0.6) is 0 Å². The fourth-order valence-electron chi connectivity index (χ4n) is 3.96. The molecule has 3 aromatic carbocycles. The second kappa shape index (κ2) is 12.9. The normalized spacial score (nSPS) is 12.0. The van der Waals surface area contributed by atoms with Crippen molar-refractivity contribution < 1.29 is 18.0 Å². The van der Waals surface area contributed by atoms with Crippen molar-refractivity contribution in [2.24, 2.45) is 0 Å². The van der Waals surface area contributed by atoms with Crippen LogP contribution in [-0.4, -0.2) is 51.3 Å². The van der Waals surface area contributed by atoms with Crippen molar-refractivity contribution in [2.75, 3.05) is 24.4 Å². The molecule has 0 bridgehead atoms. The number of rotatable bonds is 11. The lowest BCUT2D eigenvalue weighted by Crippen LogP contribution is -2.52. The summed E-state index contributed by atoms with van der Waals surface area (Å²) in [6, 6.07) is 20.8. The number of hydrogen-bond acceptors (Lipinski definition) is 4. The van der Waals surface area contributed by atoms with Crippen molar-refractivity contribution in [3.05, 3.63) is 94.5 Å². The standard InChI is InChI=1S/C27H29Cl2N3O4S/c1-3-25(27(34)30-2)31(17-16-20-8-5-4-6-9-20)26(33)19-32(23-11-7-10-22(29)18-23)37(35,36)24-14-12-21(28)13-15-24/h4-15,18,25H,3,16-17,19H2,1-2H3,(H,30,34)/t25-/m1/s1. The van der Waals surface area contributed by atoms with Gasteiger partial charge >= 0.3 is 0 Å². The Morgan fingerprint density at radius 3 is 2.19 bits per heavy atom. The zero-order valence-electron chi connectivity index (χ0n) is 20.6. The molecular formula is C27H29Cl2N3O4S. The molecule has 2 amide bonds. The first-order valence-corrected chi connectivity index (χ1v) is 14.0. The molecule has 37 heavy (non-hydrogen) atoms. The third-order valence-corrected chi connectivity index (χ3v) is 8.17. The predicted octanol–water partition coefficient (Wildman–Crippen LogP) is 4.78. The lowest BCUT2D eigenvalue weighted by molar-refractivity contribution is -0.139. The average molecular weight is 563 g/mol. The molecule has 0 radical (unpaired) electrons. The average Bonchev–Trinajstić information content (AvgIpc) is 2.89. The van der Waals surface area contributed by atoms with Gasteiger partial charge in [0.2, 0.25) is 11.8 Å². The Labute approximate surface area is 228 Å². The minimum atomic E-state index is -4.17. The molecule has 0 unspecified atom stereocenters. The number of hydrogen-bond donors (Lipinski definition) is 1. The summed E-state index contributed by atoms with van der Waals surface area (Å²) in [6.07, 6.45) is 0.864. The maximum atomic E-state index is 13.8. The minimum absolute atomic E-state index is 0.0288. The van der Waals surface area contributed by atoms with Crippen LogP contribution in [0.1, 0.15) is 18.9 Å². The van der Waals surface area contributed by atoms with Crippen molar-refractivity contribution in [3.8, 4) is 0 Å². The summed E-state index contributed by atoms with van der Waals surface area (Å²) >= 11 is 12.1. The predicted molar refractivity (Wildman–Crippen MR) is 147 cm³/mol. The van der Waals surface area contributed by atoms with Crippen LogP contribution >= 0.6 is 23.2 Å². The number of carbonyl (C=O) groups excluding carboxylic acids is 2. The Kier molecular flexibility index (Phi) is 9.97. The van der Waals surface area contributed by atoms with Gasteiger partial charge in [0, 0.05) is 23.6 Å². The Morgan fingerprint density at radius 1 is 0.919 bits per heavy atom. The number of nitrogens with one attached hydrogen (secondary N) is 1. The van der Waals surface area contributed by atoms with Gasteiger partial charge in [0.25, 0.3) is 10.0 Å². The van der Waals surface area contributed by atoms with E-state index in [-0.39, 0.29) is 23.0 Å². The minimum Gasteiger partial charge on any atom is -0.357 e. The Bertz CT molecular complexity index is 1320. The molecule has 3 rings (SSSR count). The van der Waals surface area contributed by atoms with Crippen LogP contribution in [0.15, 0.2) is 83.8 Å². The molecule has 10 heteroatoms. The number of amides is 2. The molecule has 196 valence electrons. The van der Waals surface area contributed by atoms with Gasteiger partial charge in [-0.2, -0.15) is 0 Å². The van der Waals surface area contributed by atoms with Crippen LogP contribution in [0, 0.1) is 0 Å². The van der Waals surface area contributed by atoms with Gasteiger partial charge in [0.15, 0.2) is 0 Å². The molecule has 1 N–H and O–H groups in total. The highest BCUT2D eigenvalue weighted by molar-refractivity contribution is 7.92. The monoisotopic (exact) mass is 561 g/mol. The molecule has 1 atom stereocenters. The number of sulfonamides is 1. The van der Waals surface area contributed by atoms with E-state index in [0.717, 1.165) is 9.87 Å². The summed E-state index contributed by atoms with van der Waals surface area (Å²) in [5.41, 5.74) is 1.22. The number of likely N-dealkylation sites (N-methyl/N-ethyl adjacent to an activating group) is 1. The van der Waals surface area contributed by atoms with E-state index in [1.165, 1.54) is 42.3 Å². The number of benzene rings is 3. The molecule has 0 saturated carbocycles. The Balaban J connectivity index is 2.00. The molecule has 0 saturated heterocycles. The highest BCUT2D eigenvalue weighted by atomic mass is 35.5. The Morgan fingerprint density at radius 2 is 1.59 bits per heavy atom. The second-order valence-corrected chi connectivity index (χ2v) is 11.0. The van der Waals surface area contributed by atoms with E-state index in [1.54, 1.807) is 18.2 Å². The lowest BCUT2D eigenvalue weighted by Gasteiger charge is -2.33. The summed E-state index contributed by atoms with van der Waals surface area (Å²) < 4.78 is 28.4. The summed E-state index contributed by atoms with van der Waals surface area (Å²) in [7, 11) is -2.67. The lowest BCUT2D eigenvalue weighted by atomic mass is 10.1. The first-order valence-electron chi connectivity index (χ1n) is 11.8. The molecule has 3 aromatic rings. The van der Waals surface area contributed by atoms with Crippen LogP contribution in [0.2, 0.25) is 10.0 Å². The van der Waals surface area contributed by atoms with E-state index in [4.69, 9.17) is 23.2 Å². The number of halogens is 2. The zero-order chi connectivity index (χ0) is 27.0. The largest absolute Gasteiger partial charge is 0.357 e. The van der Waals surface area contributed by atoms with Crippen molar-refractivity contribution in [1.29, 1.82) is 0 Å².